The van der Waals surface area contributed by atoms with Crippen molar-refractivity contribution in [2.45, 2.75) is 30.6 Å². The maximum Gasteiger partial charge on any atom is 0.483 e. The van der Waals surface area contributed by atoms with Gasteiger partial charge in [0.05, 0.1) is 0 Å². The first-order chi connectivity index (χ1) is 10.4. The smallest absolute Gasteiger partial charge is 0.453 e. The fraction of sp³-hybridized carbons (Fsp3) is 0.667. The van der Waals surface area contributed by atoms with Crippen molar-refractivity contribution in [2.24, 2.45) is 0 Å². The largest absolute Gasteiger partial charge is 0.483 e. The van der Waals surface area contributed by atoms with Gasteiger partial charge in [-0.25, -0.2) is 14.3 Å². The van der Waals surface area contributed by atoms with Crippen molar-refractivity contribution in [1.82, 2.24) is 0 Å². The van der Waals surface area contributed by atoms with Crippen LogP contribution in [0, 0.1) is 0 Å². The Morgan fingerprint density at radius 2 is 1.21 bits per heavy atom. The van der Waals surface area contributed by atoms with E-state index in [1.165, 1.54) is 0 Å². The highest BCUT2D eigenvalue weighted by molar-refractivity contribution is 5.81. The van der Waals surface area contributed by atoms with E-state index in [0.29, 0.717) is 0 Å². The molecular formula is C9H5F11O4. The van der Waals surface area contributed by atoms with Gasteiger partial charge in [0.15, 0.2) is 6.61 Å². The highest BCUT2D eigenvalue weighted by Crippen LogP contribution is 2.47. The fourth-order valence-electron chi connectivity index (χ4n) is 0.769. The zero-order valence-corrected chi connectivity index (χ0v) is 10.8. The summed E-state index contributed by atoms with van der Waals surface area (Å²) in [5, 5.41) is 0. The van der Waals surface area contributed by atoms with E-state index < -0.39 is 43.2 Å². The Morgan fingerprint density at radius 3 is 1.58 bits per heavy atom. The maximum atomic E-state index is 12.8. The lowest BCUT2D eigenvalue weighted by Crippen LogP contribution is -2.55. The summed E-state index contributed by atoms with van der Waals surface area (Å²) in [4.78, 5) is 10.4. The van der Waals surface area contributed by atoms with Crippen LogP contribution in [-0.4, -0.2) is 43.2 Å². The molecule has 0 saturated heterocycles. The van der Waals surface area contributed by atoms with Crippen LogP contribution in [0.15, 0.2) is 12.7 Å². The van der Waals surface area contributed by atoms with Gasteiger partial charge in [-0.15, -0.1) is 0 Å². The Kier molecular flexibility index (Phi) is 6.24. The number of carbonyl (C=O) groups excluding carboxylic acids is 1. The Bertz CT molecular complexity index is 471. The molecule has 4 nitrogen and oxygen atoms in total. The molecule has 142 valence electrons. The van der Waals surface area contributed by atoms with E-state index in [2.05, 4.69) is 16.1 Å². The van der Waals surface area contributed by atoms with Crippen molar-refractivity contribution in [3.05, 3.63) is 12.7 Å². The minimum Gasteiger partial charge on any atom is -0.453 e. The summed E-state index contributed by atoms with van der Waals surface area (Å²) in [6, 6.07) is 0. The molecule has 0 saturated carbocycles. The molecule has 0 aromatic rings. The van der Waals surface area contributed by atoms with Gasteiger partial charge >= 0.3 is 36.6 Å². The van der Waals surface area contributed by atoms with E-state index >= 15 is 0 Å². The van der Waals surface area contributed by atoms with Crippen LogP contribution in [0.5, 0.6) is 0 Å². The topological polar surface area (TPSA) is 44.8 Å². The lowest BCUT2D eigenvalue weighted by Gasteiger charge is -2.31. The molecule has 0 heterocycles. The van der Waals surface area contributed by atoms with Crippen molar-refractivity contribution in [3.8, 4) is 0 Å². The third-order valence-corrected chi connectivity index (χ3v) is 1.75. The van der Waals surface area contributed by atoms with Crippen molar-refractivity contribution < 1.29 is 67.3 Å². The highest BCUT2D eigenvalue weighted by atomic mass is 19.4. The number of hydrogen-bond acceptors (Lipinski definition) is 4. The molecular weight excluding hydrogens is 381 g/mol. The standard InChI is InChI=1S/C9H5F11O4/c1-2-4(21)22-3-5(10,11)23-8(17,18)9(19,20)24-7(15,16)6(12,13)14/h2H,1,3H2. The average molecular weight is 386 g/mol. The molecule has 0 radical (unpaired) electrons. The van der Waals surface area contributed by atoms with Gasteiger partial charge in [0.25, 0.3) is 0 Å². The molecule has 0 fully saturated rings. The molecule has 0 aliphatic carbocycles. The van der Waals surface area contributed by atoms with Gasteiger partial charge in [-0.2, -0.15) is 48.3 Å². The molecule has 0 atom stereocenters. The lowest BCUT2D eigenvalue weighted by molar-refractivity contribution is -0.537. The lowest BCUT2D eigenvalue weighted by atomic mass is 10.5. The molecule has 0 aromatic carbocycles. The van der Waals surface area contributed by atoms with Crippen molar-refractivity contribution in [3.63, 3.8) is 0 Å². The third kappa shape index (κ3) is 5.77. The summed E-state index contributed by atoms with van der Waals surface area (Å²) in [5.41, 5.74) is 0. The molecule has 0 aromatic heterocycles. The second kappa shape index (κ2) is 6.70. The Morgan fingerprint density at radius 1 is 0.792 bits per heavy atom. The van der Waals surface area contributed by atoms with Crippen LogP contribution in [0.25, 0.3) is 0 Å². The Balaban J connectivity index is 5.20. The summed E-state index contributed by atoms with van der Waals surface area (Å²) in [5.74, 6) is -1.63. The maximum absolute atomic E-state index is 12.8. The van der Waals surface area contributed by atoms with E-state index in [9.17, 15) is 53.1 Å². The quantitative estimate of drug-likeness (QED) is 0.363. The van der Waals surface area contributed by atoms with Crippen LogP contribution in [0.2, 0.25) is 0 Å². The number of hydrogen-bond donors (Lipinski definition) is 0. The van der Waals surface area contributed by atoms with Gasteiger partial charge in [-0.1, -0.05) is 6.58 Å². The minimum absolute atomic E-state index is 0.260. The SMILES string of the molecule is C=CC(=O)OCC(F)(F)OC(F)(F)C(F)(F)OC(F)(F)C(F)(F)F. The van der Waals surface area contributed by atoms with Gasteiger partial charge in [-0.3, -0.25) is 0 Å². The van der Waals surface area contributed by atoms with Crippen molar-refractivity contribution >= 4 is 5.97 Å². The summed E-state index contributed by atoms with van der Waals surface area (Å²) in [6.07, 6.45) is -32.3. The molecule has 0 bridgehead atoms. The summed E-state index contributed by atoms with van der Waals surface area (Å²) in [6.45, 7) is 0.297. The van der Waals surface area contributed by atoms with Crippen LogP contribution < -0.4 is 0 Å². The molecule has 0 aliphatic rings. The van der Waals surface area contributed by atoms with E-state index in [-0.39, 0.29) is 6.08 Å². The highest BCUT2D eigenvalue weighted by Gasteiger charge is 2.72. The van der Waals surface area contributed by atoms with Gasteiger partial charge < -0.3 is 4.74 Å². The molecule has 24 heavy (non-hydrogen) atoms. The number of esters is 1. The summed E-state index contributed by atoms with van der Waals surface area (Å²) >= 11 is 0. The van der Waals surface area contributed by atoms with Gasteiger partial charge in [0.2, 0.25) is 0 Å². The number of rotatable bonds is 8. The van der Waals surface area contributed by atoms with Crippen LogP contribution in [0.4, 0.5) is 48.3 Å². The Labute approximate surface area is 124 Å². The van der Waals surface area contributed by atoms with Gasteiger partial charge in [0.1, 0.15) is 0 Å². The van der Waals surface area contributed by atoms with Gasteiger partial charge in [0, 0.05) is 6.08 Å². The van der Waals surface area contributed by atoms with Crippen LogP contribution in [0.1, 0.15) is 0 Å². The van der Waals surface area contributed by atoms with Crippen LogP contribution in [-0.2, 0) is 19.0 Å². The predicted octanol–water partition coefficient (Wildman–Crippen LogP) is 3.68. The molecule has 0 aliphatic heterocycles. The number of halogens is 11. The van der Waals surface area contributed by atoms with E-state index in [1.807, 2.05) is 0 Å². The number of ether oxygens (including phenoxy) is 3. The van der Waals surface area contributed by atoms with Gasteiger partial charge in [-0.05, 0) is 0 Å². The van der Waals surface area contributed by atoms with E-state index in [1.54, 1.807) is 4.74 Å². The summed E-state index contributed by atoms with van der Waals surface area (Å²) in [7, 11) is 0. The summed E-state index contributed by atoms with van der Waals surface area (Å²) < 4.78 is 143. The van der Waals surface area contributed by atoms with Crippen LogP contribution >= 0.6 is 0 Å². The van der Waals surface area contributed by atoms with Crippen LogP contribution in [0.3, 0.4) is 0 Å². The third-order valence-electron chi connectivity index (χ3n) is 1.75. The first-order valence-electron chi connectivity index (χ1n) is 5.14. The second-order valence-electron chi connectivity index (χ2n) is 3.70. The Hall–Kier alpha value is -1.64. The van der Waals surface area contributed by atoms with E-state index in [4.69, 9.17) is 0 Å². The van der Waals surface area contributed by atoms with Crippen molar-refractivity contribution in [1.29, 1.82) is 0 Å². The van der Waals surface area contributed by atoms with Crippen molar-refractivity contribution in [2.75, 3.05) is 6.61 Å². The first-order valence-corrected chi connectivity index (χ1v) is 5.14. The number of alkyl halides is 11. The first kappa shape index (κ1) is 22.4. The average Bonchev–Trinajstić information content (AvgIpc) is 2.31. The zero-order valence-electron chi connectivity index (χ0n) is 10.8. The molecule has 0 rings (SSSR count). The molecule has 0 N–H and O–H groups in total. The van der Waals surface area contributed by atoms with E-state index in [0.717, 1.165) is 0 Å². The predicted molar refractivity (Wildman–Crippen MR) is 49.2 cm³/mol. The fourth-order valence-corrected chi connectivity index (χ4v) is 0.769. The molecule has 0 unspecified atom stereocenters. The zero-order chi connectivity index (χ0) is 19.6. The minimum atomic E-state index is -6.85. The normalized spacial score (nSPS) is 14.5. The second-order valence-corrected chi connectivity index (χ2v) is 3.70. The molecule has 15 heteroatoms. The monoisotopic (exact) mass is 386 g/mol. The number of carbonyl (C=O) groups is 1. The molecule has 0 spiro atoms. The molecule has 0 amide bonds.